The number of benzene rings is 1. The molecule has 0 atom stereocenters. The number of unbranched alkanes of at least 4 members (excludes halogenated alkanes) is 1. The minimum absolute atomic E-state index is 0.164. The molecular formula is C18H12F17NO3. The molecule has 1 rings (SSSR count). The van der Waals surface area contributed by atoms with Gasteiger partial charge >= 0.3 is 47.6 Å². The van der Waals surface area contributed by atoms with Gasteiger partial charge in [-0.2, -0.15) is 74.6 Å². The zero-order chi connectivity index (χ0) is 31.1. The highest BCUT2D eigenvalue weighted by atomic mass is 19.4. The maximum atomic E-state index is 13.8. The molecule has 0 unspecified atom stereocenters. The number of hydrogen-bond acceptors (Lipinski definition) is 3. The second-order valence-corrected chi connectivity index (χ2v) is 7.71. The van der Waals surface area contributed by atoms with Crippen LogP contribution in [0.5, 0.6) is 5.75 Å². The number of nitro groups is 1. The van der Waals surface area contributed by atoms with Gasteiger partial charge in [-0.3, -0.25) is 10.1 Å². The molecule has 4 nitrogen and oxygen atoms in total. The number of nitro benzene ring substituents is 1. The predicted octanol–water partition coefficient (Wildman–Crippen LogP) is 8.15. The number of nitrogens with zero attached hydrogens (tertiary/aromatic N) is 1. The van der Waals surface area contributed by atoms with Crippen LogP contribution in [0.1, 0.15) is 19.3 Å². The highest BCUT2D eigenvalue weighted by Gasteiger charge is 2.95. The topological polar surface area (TPSA) is 52.4 Å². The molecular weight excluding hydrogens is 601 g/mol. The van der Waals surface area contributed by atoms with Gasteiger partial charge < -0.3 is 4.74 Å². The summed E-state index contributed by atoms with van der Waals surface area (Å²) in [5, 5.41) is 10.5. The summed E-state index contributed by atoms with van der Waals surface area (Å²) in [7, 11) is 0. The van der Waals surface area contributed by atoms with E-state index in [-0.39, 0.29) is 5.75 Å². The Labute approximate surface area is 204 Å². The van der Waals surface area contributed by atoms with Crippen LogP contribution in [0.4, 0.5) is 80.3 Å². The Morgan fingerprint density at radius 2 is 0.974 bits per heavy atom. The average molecular weight is 613 g/mol. The third-order valence-corrected chi connectivity index (χ3v) is 4.99. The van der Waals surface area contributed by atoms with E-state index in [1.807, 2.05) is 0 Å². The molecule has 0 fully saturated rings. The molecule has 0 amide bonds. The highest BCUT2D eigenvalue weighted by Crippen LogP contribution is 2.64. The molecule has 0 aliphatic heterocycles. The van der Waals surface area contributed by atoms with Crippen molar-refractivity contribution in [3.63, 3.8) is 0 Å². The standard InChI is InChI=1S/C18H12F17NO3/c19-11(20,7-1-2-8-39-10-5-3-9(4-6-10)36(37)38)12(21,22)13(23,24)14(25,26)15(27,28)16(29,30)17(31,32)18(33,34)35/h3-6H,1-2,7-8H2. The van der Waals surface area contributed by atoms with E-state index in [9.17, 15) is 84.8 Å². The fourth-order valence-electron chi connectivity index (χ4n) is 2.66. The first kappa shape index (κ1) is 34.3. The lowest BCUT2D eigenvalue weighted by Crippen LogP contribution is -2.74. The Bertz CT molecular complexity index is 1010. The maximum absolute atomic E-state index is 13.8. The second kappa shape index (κ2) is 10.3. The van der Waals surface area contributed by atoms with E-state index < -0.39 is 84.1 Å². The third kappa shape index (κ3) is 5.62. The van der Waals surface area contributed by atoms with E-state index in [1.54, 1.807) is 0 Å². The van der Waals surface area contributed by atoms with Gasteiger partial charge in [-0.1, -0.05) is 0 Å². The zero-order valence-electron chi connectivity index (χ0n) is 18.2. The summed E-state index contributed by atoms with van der Waals surface area (Å²) in [5.74, 6) is -56.6. The lowest BCUT2D eigenvalue weighted by atomic mass is 9.88. The largest absolute Gasteiger partial charge is 0.494 e. The van der Waals surface area contributed by atoms with Gasteiger partial charge in [0.15, 0.2) is 0 Å². The summed E-state index contributed by atoms with van der Waals surface area (Å²) in [6, 6.07) is 3.75. The van der Waals surface area contributed by atoms with Gasteiger partial charge in [0.2, 0.25) is 0 Å². The van der Waals surface area contributed by atoms with Crippen molar-refractivity contribution in [2.24, 2.45) is 0 Å². The highest BCUT2D eigenvalue weighted by molar-refractivity contribution is 5.35. The smallest absolute Gasteiger partial charge is 0.460 e. The predicted molar refractivity (Wildman–Crippen MR) is 93.1 cm³/mol. The van der Waals surface area contributed by atoms with E-state index >= 15 is 0 Å². The summed E-state index contributed by atoms with van der Waals surface area (Å²) in [6.07, 6.45) is -12.5. The monoisotopic (exact) mass is 613 g/mol. The first-order valence-corrected chi connectivity index (χ1v) is 9.72. The van der Waals surface area contributed by atoms with Gasteiger partial charge in [0, 0.05) is 18.6 Å². The van der Waals surface area contributed by atoms with Crippen molar-refractivity contribution in [3.05, 3.63) is 34.4 Å². The zero-order valence-corrected chi connectivity index (χ0v) is 18.2. The maximum Gasteiger partial charge on any atom is 0.460 e. The number of rotatable bonds is 13. The molecule has 0 aromatic heterocycles. The quantitative estimate of drug-likeness (QED) is 0.0977. The summed E-state index contributed by atoms with van der Waals surface area (Å²) in [5.41, 5.74) is -0.424. The van der Waals surface area contributed by atoms with Crippen LogP contribution in [-0.4, -0.2) is 59.2 Å². The lowest BCUT2D eigenvalue weighted by Gasteiger charge is -2.42. The van der Waals surface area contributed by atoms with E-state index in [0.29, 0.717) is 0 Å². The van der Waals surface area contributed by atoms with Crippen LogP contribution in [0.15, 0.2) is 24.3 Å². The van der Waals surface area contributed by atoms with Crippen LogP contribution < -0.4 is 4.74 Å². The first-order chi connectivity index (χ1) is 17.1. The van der Waals surface area contributed by atoms with Crippen LogP contribution in [0.25, 0.3) is 0 Å². The molecule has 39 heavy (non-hydrogen) atoms. The molecule has 0 aliphatic rings. The van der Waals surface area contributed by atoms with E-state index in [1.165, 1.54) is 0 Å². The van der Waals surface area contributed by atoms with E-state index in [0.717, 1.165) is 24.3 Å². The molecule has 0 saturated heterocycles. The van der Waals surface area contributed by atoms with Crippen LogP contribution in [0.3, 0.4) is 0 Å². The molecule has 0 spiro atoms. The Hall–Kier alpha value is -2.77. The van der Waals surface area contributed by atoms with Gasteiger partial charge in [0.1, 0.15) is 5.75 Å². The Balaban J connectivity index is 3.08. The minimum Gasteiger partial charge on any atom is -0.494 e. The van der Waals surface area contributed by atoms with Gasteiger partial charge in [0.05, 0.1) is 11.5 Å². The third-order valence-electron chi connectivity index (χ3n) is 4.99. The summed E-state index contributed by atoms with van der Waals surface area (Å²) in [4.78, 5) is 9.65. The van der Waals surface area contributed by atoms with Crippen molar-refractivity contribution in [3.8, 4) is 5.75 Å². The normalized spacial score (nSPS) is 14.9. The van der Waals surface area contributed by atoms with Crippen molar-refractivity contribution in [2.45, 2.75) is 66.9 Å². The van der Waals surface area contributed by atoms with Gasteiger partial charge in [-0.25, -0.2) is 0 Å². The summed E-state index contributed by atoms with van der Waals surface area (Å²) < 4.78 is 229. The van der Waals surface area contributed by atoms with Crippen molar-refractivity contribution in [2.75, 3.05) is 6.61 Å². The summed E-state index contributed by atoms with van der Waals surface area (Å²) in [6.45, 7) is -0.706. The summed E-state index contributed by atoms with van der Waals surface area (Å²) >= 11 is 0. The molecule has 0 bridgehead atoms. The van der Waals surface area contributed by atoms with Crippen molar-refractivity contribution in [1.82, 2.24) is 0 Å². The Morgan fingerprint density at radius 1 is 0.590 bits per heavy atom. The van der Waals surface area contributed by atoms with E-state index in [2.05, 4.69) is 0 Å². The number of non-ortho nitro benzene ring substituents is 1. The van der Waals surface area contributed by atoms with Gasteiger partial charge in [0.25, 0.3) is 5.69 Å². The van der Waals surface area contributed by atoms with Crippen LogP contribution in [0, 0.1) is 10.1 Å². The first-order valence-electron chi connectivity index (χ1n) is 9.72. The average Bonchev–Trinajstić information content (AvgIpc) is 2.77. The van der Waals surface area contributed by atoms with E-state index in [4.69, 9.17) is 4.74 Å². The lowest BCUT2D eigenvalue weighted by molar-refractivity contribution is -0.461. The number of ether oxygens (including phenoxy) is 1. The Kier molecular flexibility index (Phi) is 9.07. The van der Waals surface area contributed by atoms with Crippen molar-refractivity contribution in [1.29, 1.82) is 0 Å². The molecule has 0 heterocycles. The van der Waals surface area contributed by atoms with Gasteiger partial charge in [-0.05, 0) is 25.0 Å². The number of alkyl halides is 17. The second-order valence-electron chi connectivity index (χ2n) is 7.71. The fourth-order valence-corrected chi connectivity index (χ4v) is 2.66. The number of halogens is 17. The molecule has 0 saturated carbocycles. The van der Waals surface area contributed by atoms with Crippen LogP contribution in [-0.2, 0) is 0 Å². The van der Waals surface area contributed by atoms with Crippen molar-refractivity contribution >= 4 is 5.69 Å². The van der Waals surface area contributed by atoms with Crippen molar-refractivity contribution < 1.29 is 84.3 Å². The van der Waals surface area contributed by atoms with Gasteiger partial charge in [-0.15, -0.1) is 0 Å². The SMILES string of the molecule is O=[N+]([O-])c1ccc(OCCCCC(F)(F)C(F)(F)C(F)(F)C(F)(F)C(F)(F)C(F)(F)C(F)(F)C(F)(F)F)cc1. The molecule has 0 aliphatic carbocycles. The molecule has 226 valence electrons. The Morgan fingerprint density at radius 3 is 1.36 bits per heavy atom. The molecule has 0 radical (unpaired) electrons. The number of hydrogen-bond donors (Lipinski definition) is 0. The molecule has 1 aromatic rings. The molecule has 1 aromatic carbocycles. The minimum atomic E-state index is -8.65. The van der Waals surface area contributed by atoms with Crippen LogP contribution in [0.2, 0.25) is 0 Å². The molecule has 21 heteroatoms. The molecule has 0 N–H and O–H groups in total. The van der Waals surface area contributed by atoms with Crippen LogP contribution >= 0.6 is 0 Å². The fraction of sp³-hybridized carbons (Fsp3) is 0.667.